The van der Waals surface area contributed by atoms with Crippen LogP contribution in [0.15, 0.2) is 182 Å². The molecule has 8 aromatic rings. The van der Waals surface area contributed by atoms with Gasteiger partial charge in [-0.1, -0.05) is 228 Å². The molecule has 11 rings (SSSR count). The molecule has 61 heavy (non-hydrogen) atoms. The largest absolute Gasteiger partial charge is 0.310 e. The molecule has 8 aromatic carbocycles. The third kappa shape index (κ3) is 5.76. The third-order valence-corrected chi connectivity index (χ3v) is 14.4. The second-order valence-corrected chi connectivity index (χ2v) is 19.0. The molecule has 1 heterocycles. The predicted molar refractivity (Wildman–Crippen MR) is 261 cm³/mol. The van der Waals surface area contributed by atoms with Crippen molar-refractivity contribution in [2.75, 3.05) is 4.90 Å². The molecule has 3 aliphatic rings. The number of fused-ring (bicyclic) bond motifs is 8. The molecule has 1 aliphatic heterocycles. The molecule has 0 fully saturated rings. The van der Waals surface area contributed by atoms with Crippen LogP contribution in [-0.4, -0.2) is 6.71 Å². The van der Waals surface area contributed by atoms with Crippen LogP contribution < -0.4 is 21.3 Å². The average molecular weight is 784 g/mol. The van der Waals surface area contributed by atoms with E-state index in [2.05, 4.69) is 241 Å². The van der Waals surface area contributed by atoms with Gasteiger partial charge in [-0.15, -0.1) is 0 Å². The van der Waals surface area contributed by atoms with Crippen molar-refractivity contribution in [3.63, 3.8) is 0 Å². The second kappa shape index (κ2) is 13.7. The summed E-state index contributed by atoms with van der Waals surface area (Å²) in [4.78, 5) is 2.48. The maximum Gasteiger partial charge on any atom is 0.241 e. The summed E-state index contributed by atoms with van der Waals surface area (Å²) in [5.41, 5.74) is 23.4. The van der Waals surface area contributed by atoms with E-state index >= 15 is 0 Å². The third-order valence-electron chi connectivity index (χ3n) is 14.4. The first-order valence-electron chi connectivity index (χ1n) is 21.9. The van der Waals surface area contributed by atoms with Gasteiger partial charge in [0, 0.05) is 21.9 Å². The zero-order chi connectivity index (χ0) is 41.7. The fourth-order valence-corrected chi connectivity index (χ4v) is 11.0. The summed E-state index contributed by atoms with van der Waals surface area (Å²) in [5.74, 6) is 0. The summed E-state index contributed by atoms with van der Waals surface area (Å²) in [7, 11) is 0. The molecule has 2 aliphatic carbocycles. The maximum absolute atomic E-state index is 2.48. The monoisotopic (exact) mass is 783 g/mol. The number of nitrogens with zero attached hydrogens (tertiary/aromatic N) is 1. The van der Waals surface area contributed by atoms with Crippen molar-refractivity contribution in [2.24, 2.45) is 0 Å². The summed E-state index contributed by atoms with van der Waals surface area (Å²) in [6.07, 6.45) is 4.60. The van der Waals surface area contributed by atoms with E-state index in [1.54, 1.807) is 0 Å². The van der Waals surface area contributed by atoms with Gasteiger partial charge in [-0.2, -0.15) is 0 Å². The van der Waals surface area contributed by atoms with Crippen LogP contribution in [0, 0.1) is 0 Å². The van der Waals surface area contributed by atoms with E-state index in [1.165, 1.54) is 100 Å². The van der Waals surface area contributed by atoms with Crippen molar-refractivity contribution in [1.29, 1.82) is 0 Å². The van der Waals surface area contributed by atoms with Gasteiger partial charge >= 0.3 is 0 Å². The van der Waals surface area contributed by atoms with Crippen LogP contribution in [0.4, 0.5) is 17.1 Å². The van der Waals surface area contributed by atoms with Crippen LogP contribution in [0.2, 0.25) is 0 Å². The number of rotatable bonds is 6. The minimum absolute atomic E-state index is 0.0830. The van der Waals surface area contributed by atoms with Gasteiger partial charge in [-0.25, -0.2) is 0 Å². The molecule has 294 valence electrons. The molecule has 0 spiro atoms. The molecule has 0 amide bonds. The number of benzene rings is 8. The Morgan fingerprint density at radius 2 is 0.738 bits per heavy atom. The Morgan fingerprint density at radius 3 is 1.25 bits per heavy atom. The van der Waals surface area contributed by atoms with Gasteiger partial charge in [0.15, 0.2) is 0 Å². The first-order chi connectivity index (χ1) is 29.5. The van der Waals surface area contributed by atoms with Crippen LogP contribution in [0.5, 0.6) is 0 Å². The summed E-state index contributed by atoms with van der Waals surface area (Å²) in [6, 6.07) is 68.1. The molecule has 0 saturated carbocycles. The lowest BCUT2D eigenvalue weighted by Crippen LogP contribution is -2.52. The summed E-state index contributed by atoms with van der Waals surface area (Å²) < 4.78 is 0. The van der Waals surface area contributed by atoms with Crippen LogP contribution in [0.3, 0.4) is 0 Å². The lowest BCUT2D eigenvalue weighted by atomic mass is 9.36. The number of hydrogen-bond donors (Lipinski definition) is 0. The molecular weight excluding hydrogens is 733 g/mol. The molecule has 2 heteroatoms. The zero-order valence-corrected chi connectivity index (χ0v) is 36.0. The highest BCUT2D eigenvalue weighted by Gasteiger charge is 2.40. The molecule has 0 atom stereocenters. The fourth-order valence-electron chi connectivity index (χ4n) is 11.0. The molecule has 0 radical (unpaired) electrons. The van der Waals surface area contributed by atoms with E-state index in [0.717, 1.165) is 0 Å². The molecule has 0 N–H and O–H groups in total. The molecule has 0 saturated heterocycles. The highest BCUT2D eigenvalue weighted by Crippen LogP contribution is 2.55. The molecule has 0 unspecified atom stereocenters. The van der Waals surface area contributed by atoms with Crippen molar-refractivity contribution >= 4 is 52.3 Å². The fraction of sp³-hybridized carbons (Fsp3) is 0.153. The highest BCUT2D eigenvalue weighted by atomic mass is 15.2. The van der Waals surface area contributed by atoms with E-state index in [0.29, 0.717) is 0 Å². The number of anilines is 3. The van der Waals surface area contributed by atoms with Crippen LogP contribution >= 0.6 is 0 Å². The van der Waals surface area contributed by atoms with E-state index in [4.69, 9.17) is 0 Å². The van der Waals surface area contributed by atoms with Crippen molar-refractivity contribution in [3.05, 3.63) is 226 Å². The minimum atomic E-state index is -0.152. The smallest absolute Gasteiger partial charge is 0.241 e. The summed E-state index contributed by atoms with van der Waals surface area (Å²) >= 11 is 0. The quantitative estimate of drug-likeness (QED) is 0.120. The van der Waals surface area contributed by atoms with E-state index in [-0.39, 0.29) is 23.0 Å². The van der Waals surface area contributed by atoms with E-state index in [9.17, 15) is 0 Å². The van der Waals surface area contributed by atoms with E-state index in [1.807, 2.05) is 0 Å². The Balaban J connectivity index is 0.894. The first kappa shape index (κ1) is 37.4. The lowest BCUT2D eigenvalue weighted by Gasteiger charge is -2.42. The van der Waals surface area contributed by atoms with Gasteiger partial charge in [0.05, 0.1) is 11.4 Å². The van der Waals surface area contributed by atoms with Gasteiger partial charge < -0.3 is 4.90 Å². The van der Waals surface area contributed by atoms with Crippen molar-refractivity contribution in [1.82, 2.24) is 0 Å². The Morgan fingerprint density at radius 1 is 0.344 bits per heavy atom. The summed E-state index contributed by atoms with van der Waals surface area (Å²) in [6.45, 7) is 14.4. The van der Waals surface area contributed by atoms with Gasteiger partial charge in [-0.05, 0) is 91.0 Å². The van der Waals surface area contributed by atoms with Crippen molar-refractivity contribution in [2.45, 2.75) is 57.8 Å². The topological polar surface area (TPSA) is 3.24 Å². The van der Waals surface area contributed by atoms with Crippen LogP contribution in [0.1, 0.15) is 86.1 Å². The Kier molecular flexibility index (Phi) is 8.39. The Hall–Kier alpha value is -6.64. The second-order valence-electron chi connectivity index (χ2n) is 19.0. The minimum Gasteiger partial charge on any atom is -0.310 e. The van der Waals surface area contributed by atoms with E-state index < -0.39 is 0 Å². The molecule has 0 aromatic heterocycles. The molecule has 1 nitrogen and oxygen atoms in total. The summed E-state index contributed by atoms with van der Waals surface area (Å²) in [5, 5.41) is 0. The maximum atomic E-state index is 2.48. The molecule has 0 bridgehead atoms. The standard InChI is InChI=1S/C59H50BN/c1-57(2)49-21-13-15-23-55(49)61(56-24-16-14-22-50(56)57)44-30-34-48-46-32-28-40(36-52(46)59(5,6)54(48)38-44)26-25-39-27-31-45-47-33-29-43(37-53(47)58(3,4)51(45)35-39)60(41-17-9-7-10-18-41)42-19-11-8-12-20-42/h7-38H,1-6H3/b26-25+. The highest BCUT2D eigenvalue weighted by molar-refractivity contribution is 6.95. The first-order valence-corrected chi connectivity index (χ1v) is 21.9. The Bertz CT molecular complexity index is 2970. The van der Waals surface area contributed by atoms with Gasteiger partial charge in [0.2, 0.25) is 6.71 Å². The molecular formula is C59H50BN. The normalized spacial score (nSPS) is 15.7. The predicted octanol–water partition coefficient (Wildman–Crippen LogP) is 13.1. The van der Waals surface area contributed by atoms with Crippen LogP contribution in [-0.2, 0) is 16.2 Å². The Labute approximate surface area is 362 Å². The zero-order valence-electron chi connectivity index (χ0n) is 36.0. The SMILES string of the molecule is CC1(C)c2cc(/C=C/c3ccc4c(c3)C(C)(C)c3cc(N5c6ccccc6C(C)(C)c6ccccc65)ccc3-4)ccc2-c2ccc(B(c3ccccc3)c3ccccc3)cc21. The average Bonchev–Trinajstić information content (AvgIpc) is 3.64. The lowest BCUT2D eigenvalue weighted by molar-refractivity contribution is 0.631. The van der Waals surface area contributed by atoms with Crippen molar-refractivity contribution < 1.29 is 0 Å². The number of para-hydroxylation sites is 2. The van der Waals surface area contributed by atoms with Crippen LogP contribution in [0.25, 0.3) is 34.4 Å². The van der Waals surface area contributed by atoms with Crippen molar-refractivity contribution in [3.8, 4) is 22.3 Å². The van der Waals surface area contributed by atoms with Gasteiger partial charge in [0.1, 0.15) is 0 Å². The van der Waals surface area contributed by atoms with Gasteiger partial charge in [0.25, 0.3) is 0 Å². The van der Waals surface area contributed by atoms with Gasteiger partial charge in [-0.3, -0.25) is 0 Å². The number of hydrogen-bond acceptors (Lipinski definition) is 1.